The van der Waals surface area contributed by atoms with Crippen molar-refractivity contribution < 1.29 is 8.78 Å². The quantitative estimate of drug-likeness (QED) is 0.587. The van der Waals surface area contributed by atoms with E-state index in [4.69, 9.17) is 11.6 Å². The van der Waals surface area contributed by atoms with E-state index in [0.29, 0.717) is 39.7 Å². The van der Waals surface area contributed by atoms with Crippen molar-refractivity contribution in [3.63, 3.8) is 0 Å². The first-order valence-corrected chi connectivity index (χ1v) is 8.35. The lowest BCUT2D eigenvalue weighted by Gasteiger charge is -2.15. The molecule has 0 amide bonds. The Morgan fingerprint density at radius 3 is 2.60 bits per heavy atom. The summed E-state index contributed by atoms with van der Waals surface area (Å²) < 4.78 is 29.0. The van der Waals surface area contributed by atoms with E-state index in [-0.39, 0.29) is 5.56 Å². The zero-order chi connectivity index (χ0) is 18.3. The second-order valence-corrected chi connectivity index (χ2v) is 6.33. The maximum Gasteiger partial charge on any atom is 0.265 e. The lowest BCUT2D eigenvalue weighted by molar-refractivity contribution is 0.151. The molecular formula is C19H18ClF2N3. The van der Waals surface area contributed by atoms with Gasteiger partial charge in [0.2, 0.25) is 0 Å². The van der Waals surface area contributed by atoms with Gasteiger partial charge in [-0.05, 0) is 48.7 Å². The van der Waals surface area contributed by atoms with Crippen molar-refractivity contribution in [1.29, 1.82) is 0 Å². The minimum atomic E-state index is -2.64. The van der Waals surface area contributed by atoms with Crippen molar-refractivity contribution in [3.8, 4) is 11.3 Å². The molecule has 2 aromatic heterocycles. The number of pyridine rings is 1. The van der Waals surface area contributed by atoms with Gasteiger partial charge in [0.25, 0.3) is 6.43 Å². The third-order valence-corrected chi connectivity index (χ3v) is 4.68. The summed E-state index contributed by atoms with van der Waals surface area (Å²) in [5.41, 5.74) is 3.68. The van der Waals surface area contributed by atoms with Crippen LogP contribution in [0.1, 0.15) is 41.4 Å². The van der Waals surface area contributed by atoms with Crippen LogP contribution in [0.3, 0.4) is 0 Å². The second kappa shape index (κ2) is 6.56. The fourth-order valence-electron chi connectivity index (χ4n) is 2.91. The third-order valence-electron chi connectivity index (χ3n) is 4.29. The van der Waals surface area contributed by atoms with Crippen LogP contribution in [0.5, 0.6) is 0 Å². The SMILES string of the molecule is C=Cc1cc(-c2c(C(F)F)cc(C)c3nc(CC)nn23)cc(Cl)c1C. The molecule has 25 heavy (non-hydrogen) atoms. The Labute approximate surface area is 150 Å². The van der Waals surface area contributed by atoms with Gasteiger partial charge < -0.3 is 0 Å². The van der Waals surface area contributed by atoms with Crippen LogP contribution in [0.4, 0.5) is 8.78 Å². The van der Waals surface area contributed by atoms with Crippen LogP contribution < -0.4 is 0 Å². The first-order valence-electron chi connectivity index (χ1n) is 7.97. The molecule has 0 unspecified atom stereocenters. The van der Waals surface area contributed by atoms with Crippen molar-refractivity contribution in [2.45, 2.75) is 33.6 Å². The van der Waals surface area contributed by atoms with Gasteiger partial charge in [0.05, 0.1) is 5.69 Å². The fraction of sp³-hybridized carbons (Fsp3) is 0.263. The number of hydrogen-bond acceptors (Lipinski definition) is 2. The summed E-state index contributed by atoms with van der Waals surface area (Å²) >= 11 is 6.31. The summed E-state index contributed by atoms with van der Waals surface area (Å²) in [7, 11) is 0. The molecule has 3 aromatic rings. The lowest BCUT2D eigenvalue weighted by Crippen LogP contribution is -2.03. The molecule has 0 atom stereocenters. The van der Waals surface area contributed by atoms with Crippen LogP contribution in [0.25, 0.3) is 23.0 Å². The molecule has 0 fully saturated rings. The van der Waals surface area contributed by atoms with Crippen LogP contribution in [0, 0.1) is 13.8 Å². The van der Waals surface area contributed by atoms with E-state index < -0.39 is 6.43 Å². The summed E-state index contributed by atoms with van der Waals surface area (Å²) in [5.74, 6) is 0.609. The molecule has 3 nitrogen and oxygen atoms in total. The number of hydrogen-bond donors (Lipinski definition) is 0. The molecule has 0 spiro atoms. The molecular weight excluding hydrogens is 344 g/mol. The Hall–Kier alpha value is -2.27. The van der Waals surface area contributed by atoms with E-state index in [1.165, 1.54) is 10.6 Å². The minimum absolute atomic E-state index is 0.0903. The number of nitrogens with zero attached hydrogens (tertiary/aromatic N) is 3. The monoisotopic (exact) mass is 361 g/mol. The average Bonchev–Trinajstić information content (AvgIpc) is 3.02. The van der Waals surface area contributed by atoms with Crippen molar-refractivity contribution in [2.24, 2.45) is 0 Å². The van der Waals surface area contributed by atoms with E-state index in [0.717, 1.165) is 11.1 Å². The van der Waals surface area contributed by atoms with Gasteiger partial charge in [0, 0.05) is 22.6 Å². The van der Waals surface area contributed by atoms with Crippen molar-refractivity contribution in [3.05, 3.63) is 57.9 Å². The van der Waals surface area contributed by atoms with Crippen LogP contribution >= 0.6 is 11.6 Å². The van der Waals surface area contributed by atoms with E-state index in [1.807, 2.05) is 13.8 Å². The number of halogens is 3. The Balaban J connectivity index is 2.43. The summed E-state index contributed by atoms with van der Waals surface area (Å²) in [6.07, 6.45) is -0.353. The number of rotatable bonds is 4. The van der Waals surface area contributed by atoms with Crippen LogP contribution in [0.15, 0.2) is 24.8 Å². The first kappa shape index (κ1) is 17.5. The van der Waals surface area contributed by atoms with Gasteiger partial charge in [-0.1, -0.05) is 31.2 Å². The molecule has 0 saturated heterocycles. The zero-order valence-corrected chi connectivity index (χ0v) is 15.0. The Morgan fingerprint density at radius 2 is 2.00 bits per heavy atom. The van der Waals surface area contributed by atoms with Crippen LogP contribution in [-0.2, 0) is 6.42 Å². The molecule has 130 valence electrons. The van der Waals surface area contributed by atoms with E-state index in [1.54, 1.807) is 25.1 Å². The highest BCUT2D eigenvalue weighted by Crippen LogP contribution is 2.36. The van der Waals surface area contributed by atoms with Crippen molar-refractivity contribution in [1.82, 2.24) is 14.6 Å². The summed E-state index contributed by atoms with van der Waals surface area (Å²) in [4.78, 5) is 4.45. The Kier molecular flexibility index (Phi) is 4.60. The average molecular weight is 362 g/mol. The normalized spacial score (nSPS) is 11.5. The van der Waals surface area contributed by atoms with E-state index in [9.17, 15) is 8.78 Å². The molecule has 0 aliphatic carbocycles. The number of aromatic nitrogens is 3. The first-order chi connectivity index (χ1) is 11.9. The second-order valence-electron chi connectivity index (χ2n) is 5.93. The summed E-state index contributed by atoms with van der Waals surface area (Å²) in [5, 5.41) is 4.92. The third kappa shape index (κ3) is 2.93. The van der Waals surface area contributed by atoms with Crippen molar-refractivity contribution >= 4 is 23.3 Å². The Bertz CT molecular complexity index is 977. The number of fused-ring (bicyclic) bond motifs is 1. The molecule has 0 aliphatic heterocycles. The van der Waals surface area contributed by atoms with Crippen molar-refractivity contribution in [2.75, 3.05) is 0 Å². The molecule has 2 heterocycles. The molecule has 0 saturated carbocycles. The fourth-order valence-corrected chi connectivity index (χ4v) is 3.13. The molecule has 0 aliphatic rings. The Morgan fingerprint density at radius 1 is 1.28 bits per heavy atom. The van der Waals surface area contributed by atoms with Gasteiger partial charge in [-0.15, -0.1) is 0 Å². The van der Waals surface area contributed by atoms with E-state index >= 15 is 0 Å². The largest absolute Gasteiger partial charge is 0.265 e. The number of aryl methyl sites for hydroxylation is 2. The van der Waals surface area contributed by atoms with Gasteiger partial charge in [0.15, 0.2) is 11.5 Å². The van der Waals surface area contributed by atoms with Crippen LogP contribution in [-0.4, -0.2) is 14.6 Å². The van der Waals surface area contributed by atoms with E-state index in [2.05, 4.69) is 16.7 Å². The highest BCUT2D eigenvalue weighted by molar-refractivity contribution is 6.31. The van der Waals surface area contributed by atoms with Gasteiger partial charge in [-0.25, -0.2) is 18.3 Å². The zero-order valence-electron chi connectivity index (χ0n) is 14.3. The van der Waals surface area contributed by atoms with Gasteiger partial charge >= 0.3 is 0 Å². The maximum absolute atomic E-state index is 13.8. The lowest BCUT2D eigenvalue weighted by atomic mass is 9.99. The van der Waals surface area contributed by atoms with Crippen LogP contribution in [0.2, 0.25) is 5.02 Å². The molecule has 0 bridgehead atoms. The predicted octanol–water partition coefficient (Wildman–Crippen LogP) is 5.81. The highest BCUT2D eigenvalue weighted by Gasteiger charge is 2.22. The number of alkyl halides is 2. The topological polar surface area (TPSA) is 30.2 Å². The predicted molar refractivity (Wildman–Crippen MR) is 97.3 cm³/mol. The minimum Gasteiger partial charge on any atom is -0.212 e. The number of benzene rings is 1. The standard InChI is InChI=1S/C19H18ClF2N3/c1-5-12-8-13(9-15(20)11(12)4)17-14(18(21)22)7-10(3)19-23-16(6-2)24-25(17)19/h5,7-9,18H,1,6H2,2-4H3. The molecule has 0 radical (unpaired) electrons. The smallest absolute Gasteiger partial charge is 0.212 e. The summed E-state index contributed by atoms with van der Waals surface area (Å²) in [6, 6.07) is 4.97. The summed E-state index contributed by atoms with van der Waals surface area (Å²) in [6.45, 7) is 9.33. The van der Waals surface area contributed by atoms with Gasteiger partial charge in [0.1, 0.15) is 0 Å². The van der Waals surface area contributed by atoms with Gasteiger partial charge in [-0.2, -0.15) is 5.10 Å². The molecule has 0 N–H and O–H groups in total. The van der Waals surface area contributed by atoms with Gasteiger partial charge in [-0.3, -0.25) is 0 Å². The maximum atomic E-state index is 13.8. The molecule has 1 aromatic carbocycles. The highest BCUT2D eigenvalue weighted by atomic mass is 35.5. The molecule has 3 rings (SSSR count). The molecule has 6 heteroatoms.